The highest BCUT2D eigenvalue weighted by Crippen LogP contribution is 2.22. The molecule has 1 aliphatic heterocycles. The number of amides is 2. The number of halogens is 1. The minimum absolute atomic E-state index is 0.131. The number of nitrogens with one attached hydrogen (secondary N) is 1. The van der Waals surface area contributed by atoms with Crippen LogP contribution in [0.5, 0.6) is 0 Å². The Morgan fingerprint density at radius 3 is 2.62 bits per heavy atom. The first-order chi connectivity index (χ1) is 11.5. The lowest BCUT2D eigenvalue weighted by molar-refractivity contribution is -0.119. The molecule has 2 aromatic carbocycles. The zero-order chi connectivity index (χ0) is 17.1. The number of likely N-dealkylation sites (tertiary alicyclic amines) is 1. The molecule has 24 heavy (non-hydrogen) atoms. The van der Waals surface area contributed by atoms with Crippen molar-refractivity contribution < 1.29 is 9.59 Å². The molecule has 4 nitrogen and oxygen atoms in total. The van der Waals surface area contributed by atoms with Gasteiger partial charge in [-0.05, 0) is 61.7 Å². The largest absolute Gasteiger partial charge is 0.327 e. The van der Waals surface area contributed by atoms with Crippen LogP contribution < -0.4 is 5.32 Å². The Hall–Kier alpha value is -2.33. The first-order valence-electron chi connectivity index (χ1n) is 7.98. The zero-order valence-corrected chi connectivity index (χ0v) is 14.2. The van der Waals surface area contributed by atoms with Gasteiger partial charge in [-0.15, -0.1) is 0 Å². The van der Waals surface area contributed by atoms with Crippen molar-refractivity contribution in [2.24, 2.45) is 0 Å². The molecule has 5 heteroatoms. The van der Waals surface area contributed by atoms with Gasteiger partial charge in [0, 0.05) is 22.8 Å². The van der Waals surface area contributed by atoms with Crippen LogP contribution in [0.4, 0.5) is 5.69 Å². The summed E-state index contributed by atoms with van der Waals surface area (Å²) < 4.78 is 0. The summed E-state index contributed by atoms with van der Waals surface area (Å²) in [6.45, 7) is 2.56. The molecule has 0 radical (unpaired) electrons. The van der Waals surface area contributed by atoms with Crippen LogP contribution in [-0.2, 0) is 4.79 Å². The topological polar surface area (TPSA) is 49.4 Å². The SMILES string of the molecule is Cc1cccc(NC(=O)[C@H]2CCCN2C(=O)c2ccc(Cl)cc2)c1. The number of anilines is 1. The minimum Gasteiger partial charge on any atom is -0.327 e. The van der Waals surface area contributed by atoms with Gasteiger partial charge in [-0.1, -0.05) is 23.7 Å². The standard InChI is InChI=1S/C19H19ClN2O2/c1-13-4-2-5-16(12-13)21-18(23)17-6-3-11-22(17)19(24)14-7-9-15(20)10-8-14/h2,4-5,7-10,12,17H,3,6,11H2,1H3,(H,21,23)/t17-/m1/s1. The van der Waals surface area contributed by atoms with Crippen molar-refractivity contribution in [3.63, 3.8) is 0 Å². The number of rotatable bonds is 3. The van der Waals surface area contributed by atoms with Gasteiger partial charge in [0.25, 0.3) is 5.91 Å². The van der Waals surface area contributed by atoms with Crippen LogP contribution in [0.2, 0.25) is 5.02 Å². The molecule has 1 atom stereocenters. The van der Waals surface area contributed by atoms with Crippen molar-refractivity contribution in [2.75, 3.05) is 11.9 Å². The maximum atomic E-state index is 12.7. The van der Waals surface area contributed by atoms with Crippen LogP contribution in [0.1, 0.15) is 28.8 Å². The summed E-state index contributed by atoms with van der Waals surface area (Å²) in [6.07, 6.45) is 1.50. The number of benzene rings is 2. The second-order valence-electron chi connectivity index (χ2n) is 6.02. The molecule has 1 N–H and O–H groups in total. The van der Waals surface area contributed by atoms with E-state index in [1.54, 1.807) is 29.2 Å². The molecule has 0 aliphatic carbocycles. The Balaban J connectivity index is 1.73. The summed E-state index contributed by atoms with van der Waals surface area (Å²) in [7, 11) is 0. The Morgan fingerprint density at radius 2 is 1.92 bits per heavy atom. The fourth-order valence-corrected chi connectivity index (χ4v) is 3.12. The Morgan fingerprint density at radius 1 is 1.17 bits per heavy atom. The maximum absolute atomic E-state index is 12.7. The normalized spacial score (nSPS) is 16.9. The van der Waals surface area contributed by atoms with E-state index >= 15 is 0 Å². The van der Waals surface area contributed by atoms with E-state index in [0.29, 0.717) is 23.6 Å². The number of nitrogens with zero attached hydrogens (tertiary/aromatic N) is 1. The first-order valence-corrected chi connectivity index (χ1v) is 8.36. The smallest absolute Gasteiger partial charge is 0.254 e. The maximum Gasteiger partial charge on any atom is 0.254 e. The predicted octanol–water partition coefficient (Wildman–Crippen LogP) is 3.89. The van der Waals surface area contributed by atoms with Crippen molar-refractivity contribution >= 4 is 29.1 Å². The van der Waals surface area contributed by atoms with E-state index in [4.69, 9.17) is 11.6 Å². The summed E-state index contributed by atoms with van der Waals surface area (Å²) >= 11 is 5.87. The number of carbonyl (C=O) groups excluding carboxylic acids is 2. The van der Waals surface area contributed by atoms with Crippen molar-refractivity contribution in [3.8, 4) is 0 Å². The number of carbonyl (C=O) groups is 2. The second kappa shape index (κ2) is 7.05. The van der Waals surface area contributed by atoms with Gasteiger partial charge in [-0.3, -0.25) is 9.59 Å². The average molecular weight is 343 g/mol. The van der Waals surface area contributed by atoms with E-state index < -0.39 is 6.04 Å². The van der Waals surface area contributed by atoms with E-state index in [0.717, 1.165) is 17.7 Å². The van der Waals surface area contributed by atoms with Crippen LogP contribution in [0.15, 0.2) is 48.5 Å². The molecule has 1 aliphatic rings. The Labute approximate surface area is 146 Å². The van der Waals surface area contributed by atoms with Crippen molar-refractivity contribution in [2.45, 2.75) is 25.8 Å². The van der Waals surface area contributed by atoms with Gasteiger partial charge in [0.15, 0.2) is 0 Å². The van der Waals surface area contributed by atoms with Gasteiger partial charge in [-0.2, -0.15) is 0 Å². The van der Waals surface area contributed by atoms with E-state index in [9.17, 15) is 9.59 Å². The van der Waals surface area contributed by atoms with E-state index in [2.05, 4.69) is 5.32 Å². The van der Waals surface area contributed by atoms with Gasteiger partial charge in [0.1, 0.15) is 6.04 Å². The third-order valence-corrected chi connectivity index (χ3v) is 4.45. The highest BCUT2D eigenvalue weighted by atomic mass is 35.5. The Bertz CT molecular complexity index is 758. The molecular weight excluding hydrogens is 324 g/mol. The van der Waals surface area contributed by atoms with Crippen LogP contribution in [0.25, 0.3) is 0 Å². The fourth-order valence-electron chi connectivity index (χ4n) is 2.99. The van der Waals surface area contributed by atoms with E-state index in [1.807, 2.05) is 31.2 Å². The second-order valence-corrected chi connectivity index (χ2v) is 6.46. The molecule has 0 spiro atoms. The van der Waals surface area contributed by atoms with Gasteiger partial charge >= 0.3 is 0 Å². The quantitative estimate of drug-likeness (QED) is 0.919. The Kier molecular flexibility index (Phi) is 4.86. The molecule has 0 saturated carbocycles. The van der Waals surface area contributed by atoms with Gasteiger partial charge in [-0.25, -0.2) is 0 Å². The van der Waals surface area contributed by atoms with Crippen LogP contribution >= 0.6 is 11.6 Å². The summed E-state index contributed by atoms with van der Waals surface area (Å²) in [5.74, 6) is -0.269. The molecule has 2 amide bonds. The van der Waals surface area contributed by atoms with Gasteiger partial charge in [0.05, 0.1) is 0 Å². The van der Waals surface area contributed by atoms with Crippen LogP contribution in [0, 0.1) is 6.92 Å². The lowest BCUT2D eigenvalue weighted by atomic mass is 10.1. The first kappa shape index (κ1) is 16.5. The highest BCUT2D eigenvalue weighted by Gasteiger charge is 2.34. The van der Waals surface area contributed by atoms with Crippen molar-refractivity contribution in [1.29, 1.82) is 0 Å². The third kappa shape index (κ3) is 3.60. The van der Waals surface area contributed by atoms with Gasteiger partial charge < -0.3 is 10.2 Å². The molecule has 0 unspecified atom stereocenters. The number of hydrogen-bond acceptors (Lipinski definition) is 2. The third-order valence-electron chi connectivity index (χ3n) is 4.19. The lowest BCUT2D eigenvalue weighted by Crippen LogP contribution is -2.43. The van der Waals surface area contributed by atoms with E-state index in [-0.39, 0.29) is 11.8 Å². The molecule has 3 rings (SSSR count). The molecule has 1 fully saturated rings. The molecule has 1 heterocycles. The molecule has 124 valence electrons. The monoisotopic (exact) mass is 342 g/mol. The molecule has 0 aromatic heterocycles. The predicted molar refractivity (Wildman–Crippen MR) is 95.3 cm³/mol. The molecule has 2 aromatic rings. The molecule has 0 bridgehead atoms. The zero-order valence-electron chi connectivity index (χ0n) is 13.5. The van der Waals surface area contributed by atoms with Crippen molar-refractivity contribution in [3.05, 3.63) is 64.7 Å². The molecule has 1 saturated heterocycles. The van der Waals surface area contributed by atoms with Crippen LogP contribution in [0.3, 0.4) is 0 Å². The van der Waals surface area contributed by atoms with Crippen molar-refractivity contribution in [1.82, 2.24) is 4.90 Å². The summed E-state index contributed by atoms with van der Waals surface area (Å²) in [5.41, 5.74) is 2.38. The van der Waals surface area contributed by atoms with Gasteiger partial charge in [0.2, 0.25) is 5.91 Å². The summed E-state index contributed by atoms with van der Waals surface area (Å²) in [6, 6.07) is 14.0. The van der Waals surface area contributed by atoms with E-state index in [1.165, 1.54) is 0 Å². The molecular formula is C19H19ClN2O2. The number of aryl methyl sites for hydroxylation is 1. The number of hydrogen-bond donors (Lipinski definition) is 1. The lowest BCUT2D eigenvalue weighted by Gasteiger charge is -2.24. The summed E-state index contributed by atoms with van der Waals surface area (Å²) in [5, 5.41) is 3.50. The van der Waals surface area contributed by atoms with Crippen LogP contribution in [-0.4, -0.2) is 29.3 Å². The fraction of sp³-hybridized carbons (Fsp3) is 0.263. The highest BCUT2D eigenvalue weighted by molar-refractivity contribution is 6.30. The summed E-state index contributed by atoms with van der Waals surface area (Å²) in [4.78, 5) is 26.9. The minimum atomic E-state index is -0.436. The average Bonchev–Trinajstić information content (AvgIpc) is 3.04.